The highest BCUT2D eigenvalue weighted by molar-refractivity contribution is 5.30. The summed E-state index contributed by atoms with van der Waals surface area (Å²) in [5.41, 5.74) is 6.81. The Kier molecular flexibility index (Phi) is 4.03. The van der Waals surface area contributed by atoms with Crippen molar-refractivity contribution in [2.24, 2.45) is 5.73 Å². The van der Waals surface area contributed by atoms with Gasteiger partial charge < -0.3 is 10.5 Å². The molecule has 2 heteroatoms. The van der Waals surface area contributed by atoms with E-state index in [-0.39, 0.29) is 5.92 Å². The van der Waals surface area contributed by atoms with Gasteiger partial charge in [0.05, 0.1) is 7.11 Å². The highest BCUT2D eigenvalue weighted by Gasteiger charge is 2.07. The zero-order valence-electron chi connectivity index (χ0n) is 8.36. The summed E-state index contributed by atoms with van der Waals surface area (Å²) in [5, 5.41) is 0. The number of nitrogens with two attached hydrogens (primary N) is 1. The first-order chi connectivity index (χ1) is 6.81. The molecule has 1 aromatic rings. The molecule has 0 bridgehead atoms. The number of rotatable bonds is 4. The van der Waals surface area contributed by atoms with Crippen LogP contribution in [-0.2, 0) is 0 Å². The Morgan fingerprint density at radius 2 is 2.07 bits per heavy atom. The molecule has 2 N–H and O–H groups in total. The van der Waals surface area contributed by atoms with Crippen molar-refractivity contribution in [1.82, 2.24) is 0 Å². The fraction of sp³-hybridized carbons (Fsp3) is 0.333. The van der Waals surface area contributed by atoms with Gasteiger partial charge in [0.2, 0.25) is 0 Å². The Labute approximate surface area is 85.1 Å². The van der Waals surface area contributed by atoms with Gasteiger partial charge in [0.15, 0.2) is 0 Å². The first kappa shape index (κ1) is 10.6. The molecule has 0 saturated heterocycles. The molecule has 1 atom stereocenters. The summed E-state index contributed by atoms with van der Waals surface area (Å²) in [6.07, 6.45) is 5.95. The number of hydrogen-bond acceptors (Lipinski definition) is 2. The highest BCUT2D eigenvalue weighted by atomic mass is 16.5. The van der Waals surface area contributed by atoms with Crippen LogP contribution in [-0.4, -0.2) is 13.7 Å². The quantitative estimate of drug-likeness (QED) is 0.732. The lowest BCUT2D eigenvalue weighted by molar-refractivity contribution is 0.414. The monoisotopic (exact) mass is 189 g/mol. The van der Waals surface area contributed by atoms with Gasteiger partial charge in [0.1, 0.15) is 5.75 Å². The SMILES string of the molecule is C#CCC(CN)c1ccc(OC)cc1. The lowest BCUT2D eigenvalue weighted by atomic mass is 9.96. The maximum absolute atomic E-state index is 5.63. The summed E-state index contributed by atoms with van der Waals surface area (Å²) in [5.74, 6) is 3.74. The molecule has 1 rings (SSSR count). The molecule has 1 unspecified atom stereocenters. The molecular weight excluding hydrogens is 174 g/mol. The number of ether oxygens (including phenoxy) is 1. The average molecular weight is 189 g/mol. The molecule has 0 aliphatic heterocycles. The molecule has 0 amide bonds. The van der Waals surface area contributed by atoms with Gasteiger partial charge in [-0.15, -0.1) is 12.3 Å². The van der Waals surface area contributed by atoms with Crippen molar-refractivity contribution in [2.45, 2.75) is 12.3 Å². The smallest absolute Gasteiger partial charge is 0.118 e. The standard InChI is InChI=1S/C12H15NO/c1-3-4-11(9-13)10-5-7-12(14-2)8-6-10/h1,5-8,11H,4,9,13H2,2H3. The van der Waals surface area contributed by atoms with E-state index < -0.39 is 0 Å². The molecule has 0 aliphatic rings. The fourth-order valence-corrected chi connectivity index (χ4v) is 1.36. The summed E-state index contributed by atoms with van der Waals surface area (Å²) >= 11 is 0. The van der Waals surface area contributed by atoms with Crippen LogP contribution in [0.3, 0.4) is 0 Å². The van der Waals surface area contributed by atoms with Crippen molar-refractivity contribution in [3.63, 3.8) is 0 Å². The normalized spacial score (nSPS) is 11.8. The van der Waals surface area contributed by atoms with Crippen LogP contribution in [0.15, 0.2) is 24.3 Å². The van der Waals surface area contributed by atoms with Crippen LogP contribution in [0.2, 0.25) is 0 Å². The maximum atomic E-state index is 5.63. The third-order valence-electron chi connectivity index (χ3n) is 2.24. The summed E-state index contributed by atoms with van der Waals surface area (Å²) < 4.78 is 5.07. The minimum absolute atomic E-state index is 0.255. The Morgan fingerprint density at radius 3 is 2.50 bits per heavy atom. The molecule has 0 spiro atoms. The van der Waals surface area contributed by atoms with Gasteiger partial charge in [-0.1, -0.05) is 12.1 Å². The topological polar surface area (TPSA) is 35.2 Å². The number of benzene rings is 1. The van der Waals surface area contributed by atoms with E-state index >= 15 is 0 Å². The average Bonchev–Trinajstić information content (AvgIpc) is 2.26. The van der Waals surface area contributed by atoms with Crippen LogP contribution in [0.5, 0.6) is 5.75 Å². The van der Waals surface area contributed by atoms with Crippen molar-refractivity contribution in [2.75, 3.05) is 13.7 Å². The van der Waals surface area contributed by atoms with E-state index in [9.17, 15) is 0 Å². The van der Waals surface area contributed by atoms with E-state index in [0.29, 0.717) is 13.0 Å². The third kappa shape index (κ3) is 2.51. The number of methoxy groups -OCH3 is 1. The predicted octanol–water partition coefficient (Wildman–Crippen LogP) is 1.76. The van der Waals surface area contributed by atoms with E-state index in [1.54, 1.807) is 7.11 Å². The Morgan fingerprint density at radius 1 is 1.43 bits per heavy atom. The highest BCUT2D eigenvalue weighted by Crippen LogP contribution is 2.20. The van der Waals surface area contributed by atoms with Gasteiger partial charge in [0, 0.05) is 18.9 Å². The summed E-state index contributed by atoms with van der Waals surface area (Å²) in [6.45, 7) is 0.580. The predicted molar refractivity (Wildman–Crippen MR) is 58.2 cm³/mol. The minimum Gasteiger partial charge on any atom is -0.497 e. The second-order valence-electron chi connectivity index (χ2n) is 3.11. The Hall–Kier alpha value is -1.46. The summed E-state index contributed by atoms with van der Waals surface area (Å²) in [4.78, 5) is 0. The maximum Gasteiger partial charge on any atom is 0.118 e. The summed E-state index contributed by atoms with van der Waals surface area (Å²) in [7, 11) is 1.65. The lowest BCUT2D eigenvalue weighted by Crippen LogP contribution is -2.11. The van der Waals surface area contributed by atoms with Crippen LogP contribution < -0.4 is 10.5 Å². The van der Waals surface area contributed by atoms with Gasteiger partial charge in [-0.05, 0) is 17.7 Å². The van der Waals surface area contributed by atoms with E-state index in [1.165, 1.54) is 5.56 Å². The van der Waals surface area contributed by atoms with Gasteiger partial charge >= 0.3 is 0 Å². The Balaban J connectivity index is 2.79. The molecule has 1 aromatic carbocycles. The first-order valence-corrected chi connectivity index (χ1v) is 4.59. The molecule has 0 fully saturated rings. The van der Waals surface area contributed by atoms with Crippen LogP contribution >= 0.6 is 0 Å². The van der Waals surface area contributed by atoms with Crippen LogP contribution in [0.1, 0.15) is 17.9 Å². The van der Waals surface area contributed by atoms with Crippen molar-refractivity contribution in [3.8, 4) is 18.1 Å². The largest absolute Gasteiger partial charge is 0.497 e. The minimum atomic E-state index is 0.255. The zero-order chi connectivity index (χ0) is 10.4. The second kappa shape index (κ2) is 5.31. The molecule has 74 valence electrons. The second-order valence-corrected chi connectivity index (χ2v) is 3.11. The molecule has 0 heterocycles. The zero-order valence-corrected chi connectivity index (χ0v) is 8.36. The third-order valence-corrected chi connectivity index (χ3v) is 2.24. The number of terminal acetylenes is 1. The van der Waals surface area contributed by atoms with Crippen LogP contribution in [0, 0.1) is 12.3 Å². The summed E-state index contributed by atoms with van der Waals surface area (Å²) in [6, 6.07) is 7.87. The molecule has 0 aromatic heterocycles. The van der Waals surface area contributed by atoms with Gasteiger partial charge in [-0.2, -0.15) is 0 Å². The first-order valence-electron chi connectivity index (χ1n) is 4.59. The molecule has 0 aliphatic carbocycles. The van der Waals surface area contributed by atoms with E-state index in [1.807, 2.05) is 24.3 Å². The lowest BCUT2D eigenvalue weighted by Gasteiger charge is -2.12. The molecule has 14 heavy (non-hydrogen) atoms. The van der Waals surface area contributed by atoms with Crippen LogP contribution in [0.25, 0.3) is 0 Å². The molecule has 2 nitrogen and oxygen atoms in total. The molecular formula is C12H15NO. The fourth-order valence-electron chi connectivity index (χ4n) is 1.36. The van der Waals surface area contributed by atoms with Crippen molar-refractivity contribution in [3.05, 3.63) is 29.8 Å². The molecule has 0 radical (unpaired) electrons. The number of hydrogen-bond donors (Lipinski definition) is 1. The van der Waals surface area contributed by atoms with Gasteiger partial charge in [0.25, 0.3) is 0 Å². The van der Waals surface area contributed by atoms with Crippen molar-refractivity contribution >= 4 is 0 Å². The van der Waals surface area contributed by atoms with E-state index in [0.717, 1.165) is 5.75 Å². The van der Waals surface area contributed by atoms with Crippen molar-refractivity contribution in [1.29, 1.82) is 0 Å². The van der Waals surface area contributed by atoms with Crippen LogP contribution in [0.4, 0.5) is 0 Å². The van der Waals surface area contributed by atoms with Gasteiger partial charge in [-0.3, -0.25) is 0 Å². The van der Waals surface area contributed by atoms with Gasteiger partial charge in [-0.25, -0.2) is 0 Å². The van der Waals surface area contributed by atoms with Crippen molar-refractivity contribution < 1.29 is 4.74 Å². The molecule has 0 saturated carbocycles. The Bertz CT molecular complexity index is 310. The van der Waals surface area contributed by atoms with E-state index in [2.05, 4.69) is 5.92 Å². The van der Waals surface area contributed by atoms with E-state index in [4.69, 9.17) is 16.9 Å².